The van der Waals surface area contributed by atoms with Crippen molar-refractivity contribution in [1.82, 2.24) is 15.5 Å². The van der Waals surface area contributed by atoms with E-state index in [1.807, 2.05) is 19.1 Å². The molecular weight excluding hydrogens is 358 g/mol. The van der Waals surface area contributed by atoms with Gasteiger partial charge >= 0.3 is 0 Å². The highest BCUT2D eigenvalue weighted by atomic mass is 35.5. The second kappa shape index (κ2) is 10.8. The molecule has 0 amide bonds. The van der Waals surface area contributed by atoms with Gasteiger partial charge in [-0.3, -0.25) is 0 Å². The number of hydrogen-bond donors (Lipinski definition) is 4. The highest BCUT2D eigenvalue weighted by molar-refractivity contribution is 6.32. The molecular formula is C17H24ClN5O3. The molecule has 0 aliphatic carbocycles. The SMILES string of the molecule is Cc1ccc(Cl)c(OCC(O)CNCCCOc2ccc(NN)nn2)c1. The molecule has 1 atom stereocenters. The first kappa shape index (κ1) is 20.2. The van der Waals surface area contributed by atoms with E-state index >= 15 is 0 Å². The van der Waals surface area contributed by atoms with Crippen molar-refractivity contribution in [2.75, 3.05) is 31.7 Å². The lowest BCUT2D eigenvalue weighted by atomic mass is 10.2. The zero-order valence-corrected chi connectivity index (χ0v) is 15.4. The lowest BCUT2D eigenvalue weighted by molar-refractivity contribution is 0.106. The number of hydrazine groups is 1. The van der Waals surface area contributed by atoms with E-state index < -0.39 is 6.10 Å². The predicted molar refractivity (Wildman–Crippen MR) is 101 cm³/mol. The van der Waals surface area contributed by atoms with Crippen molar-refractivity contribution in [2.24, 2.45) is 5.84 Å². The highest BCUT2D eigenvalue weighted by Gasteiger charge is 2.07. The molecule has 1 unspecified atom stereocenters. The fourth-order valence-electron chi connectivity index (χ4n) is 2.08. The third-order valence-corrected chi connectivity index (χ3v) is 3.75. The van der Waals surface area contributed by atoms with E-state index in [1.54, 1.807) is 18.2 Å². The number of nitrogens with two attached hydrogens (primary N) is 1. The van der Waals surface area contributed by atoms with Crippen LogP contribution in [-0.4, -0.2) is 47.7 Å². The van der Waals surface area contributed by atoms with E-state index in [0.717, 1.165) is 12.0 Å². The second-order valence-electron chi connectivity index (χ2n) is 5.71. The first-order valence-corrected chi connectivity index (χ1v) is 8.67. The third kappa shape index (κ3) is 7.01. The Bertz CT molecular complexity index is 672. The average Bonchev–Trinajstić information content (AvgIpc) is 2.65. The molecule has 0 saturated carbocycles. The van der Waals surface area contributed by atoms with Gasteiger partial charge in [0, 0.05) is 12.6 Å². The summed E-state index contributed by atoms with van der Waals surface area (Å²) < 4.78 is 11.0. The van der Waals surface area contributed by atoms with Crippen LogP contribution in [0.5, 0.6) is 11.6 Å². The summed E-state index contributed by atoms with van der Waals surface area (Å²) in [5.74, 6) is 6.70. The maximum atomic E-state index is 9.96. The smallest absolute Gasteiger partial charge is 0.233 e. The predicted octanol–water partition coefficient (Wildman–Crippen LogP) is 1.52. The van der Waals surface area contributed by atoms with Gasteiger partial charge in [0.1, 0.15) is 18.5 Å². The minimum Gasteiger partial charge on any atom is -0.489 e. The van der Waals surface area contributed by atoms with Crippen LogP contribution in [0.4, 0.5) is 5.82 Å². The van der Waals surface area contributed by atoms with Crippen LogP contribution in [0.25, 0.3) is 0 Å². The Morgan fingerprint density at radius 1 is 1.23 bits per heavy atom. The molecule has 2 aromatic rings. The Morgan fingerprint density at radius 3 is 2.81 bits per heavy atom. The summed E-state index contributed by atoms with van der Waals surface area (Å²) in [6.07, 6.45) is 0.130. The Morgan fingerprint density at radius 2 is 2.08 bits per heavy atom. The Balaban J connectivity index is 1.55. The number of aryl methyl sites for hydroxylation is 1. The van der Waals surface area contributed by atoms with Crippen LogP contribution < -0.4 is 26.1 Å². The molecule has 1 aromatic heterocycles. The Labute approximate surface area is 157 Å². The van der Waals surface area contributed by atoms with Gasteiger partial charge in [-0.1, -0.05) is 17.7 Å². The number of rotatable bonds is 11. The molecule has 1 aromatic carbocycles. The summed E-state index contributed by atoms with van der Waals surface area (Å²) >= 11 is 6.05. The van der Waals surface area contributed by atoms with Crippen LogP contribution >= 0.6 is 11.6 Å². The van der Waals surface area contributed by atoms with E-state index in [4.69, 9.17) is 26.9 Å². The number of nitrogens with one attached hydrogen (secondary N) is 2. The average molecular weight is 382 g/mol. The van der Waals surface area contributed by atoms with Crippen LogP contribution in [0.1, 0.15) is 12.0 Å². The van der Waals surface area contributed by atoms with E-state index in [1.165, 1.54) is 0 Å². The summed E-state index contributed by atoms with van der Waals surface area (Å²) in [7, 11) is 0. The van der Waals surface area contributed by atoms with Crippen molar-refractivity contribution in [3.8, 4) is 11.6 Å². The maximum absolute atomic E-state index is 9.96. The molecule has 0 bridgehead atoms. The molecule has 0 spiro atoms. The van der Waals surface area contributed by atoms with E-state index in [9.17, 15) is 5.11 Å². The molecule has 26 heavy (non-hydrogen) atoms. The maximum Gasteiger partial charge on any atom is 0.233 e. The van der Waals surface area contributed by atoms with Gasteiger partial charge in [-0.15, -0.1) is 10.2 Å². The first-order valence-electron chi connectivity index (χ1n) is 8.29. The number of nitrogen functional groups attached to an aromatic ring is 1. The van der Waals surface area contributed by atoms with Crippen LogP contribution in [0.15, 0.2) is 30.3 Å². The topological polar surface area (TPSA) is 115 Å². The van der Waals surface area contributed by atoms with Gasteiger partial charge in [0.15, 0.2) is 5.82 Å². The van der Waals surface area contributed by atoms with E-state index in [-0.39, 0.29) is 6.61 Å². The summed E-state index contributed by atoms with van der Waals surface area (Å²) in [5.41, 5.74) is 3.45. The summed E-state index contributed by atoms with van der Waals surface area (Å²) in [4.78, 5) is 0. The second-order valence-corrected chi connectivity index (χ2v) is 6.11. The molecule has 5 N–H and O–H groups in total. The molecule has 0 aliphatic heterocycles. The quantitative estimate of drug-likeness (QED) is 0.263. The van der Waals surface area contributed by atoms with Gasteiger partial charge in [0.05, 0.1) is 11.6 Å². The molecule has 142 valence electrons. The molecule has 1 heterocycles. The number of hydrogen-bond acceptors (Lipinski definition) is 8. The van der Waals surface area contributed by atoms with Crippen molar-refractivity contribution in [3.63, 3.8) is 0 Å². The zero-order chi connectivity index (χ0) is 18.8. The van der Waals surface area contributed by atoms with Crippen molar-refractivity contribution in [3.05, 3.63) is 40.9 Å². The van der Waals surface area contributed by atoms with Gasteiger partial charge in [0.25, 0.3) is 0 Å². The summed E-state index contributed by atoms with van der Waals surface area (Å²) in [6, 6.07) is 8.90. The number of aliphatic hydroxyl groups is 1. The first-order chi connectivity index (χ1) is 12.6. The summed E-state index contributed by atoms with van der Waals surface area (Å²) in [5, 5.41) is 21.3. The van der Waals surface area contributed by atoms with Gasteiger partial charge in [-0.05, 0) is 43.7 Å². The Hall–Kier alpha value is -2.13. The molecule has 8 nitrogen and oxygen atoms in total. The highest BCUT2D eigenvalue weighted by Crippen LogP contribution is 2.25. The van der Waals surface area contributed by atoms with E-state index in [2.05, 4.69) is 20.9 Å². The van der Waals surface area contributed by atoms with Gasteiger partial charge in [-0.2, -0.15) is 0 Å². The standard InChI is InChI=1S/C17H24ClN5O3/c1-12-3-4-14(18)15(9-12)26-11-13(24)10-20-7-2-8-25-17-6-5-16(21-19)22-23-17/h3-6,9,13,20,24H,2,7-8,10-11,19H2,1H3,(H,21,22). The van der Waals surface area contributed by atoms with Crippen molar-refractivity contribution < 1.29 is 14.6 Å². The normalized spacial score (nSPS) is 11.8. The number of ether oxygens (including phenoxy) is 2. The molecule has 0 fully saturated rings. The fourth-order valence-corrected chi connectivity index (χ4v) is 2.25. The lowest BCUT2D eigenvalue weighted by Gasteiger charge is -2.14. The van der Waals surface area contributed by atoms with Crippen LogP contribution in [0.3, 0.4) is 0 Å². The third-order valence-electron chi connectivity index (χ3n) is 3.43. The number of halogens is 1. The monoisotopic (exact) mass is 381 g/mol. The van der Waals surface area contributed by atoms with Crippen LogP contribution in [0.2, 0.25) is 5.02 Å². The molecule has 0 radical (unpaired) electrons. The Kier molecular flexibility index (Phi) is 8.36. The van der Waals surface area contributed by atoms with Gasteiger partial charge in [-0.25, -0.2) is 5.84 Å². The number of aliphatic hydroxyl groups excluding tert-OH is 1. The van der Waals surface area contributed by atoms with Crippen molar-refractivity contribution in [2.45, 2.75) is 19.4 Å². The van der Waals surface area contributed by atoms with Gasteiger partial charge in [0.2, 0.25) is 5.88 Å². The van der Waals surface area contributed by atoms with Gasteiger partial charge < -0.3 is 25.3 Å². The molecule has 0 aliphatic rings. The number of benzene rings is 1. The fraction of sp³-hybridized carbons (Fsp3) is 0.412. The largest absolute Gasteiger partial charge is 0.489 e. The number of anilines is 1. The van der Waals surface area contributed by atoms with E-state index in [0.29, 0.717) is 42.2 Å². The lowest BCUT2D eigenvalue weighted by Crippen LogP contribution is -2.32. The van der Waals surface area contributed by atoms with Crippen molar-refractivity contribution in [1.29, 1.82) is 0 Å². The number of nitrogens with zero attached hydrogens (tertiary/aromatic N) is 2. The number of aromatic nitrogens is 2. The van der Waals surface area contributed by atoms with Crippen molar-refractivity contribution >= 4 is 17.4 Å². The minimum atomic E-state index is -0.630. The summed E-state index contributed by atoms with van der Waals surface area (Å²) in [6.45, 7) is 3.73. The molecule has 9 heteroatoms. The van der Waals surface area contributed by atoms with Crippen LogP contribution in [-0.2, 0) is 0 Å². The zero-order valence-electron chi connectivity index (χ0n) is 14.6. The van der Waals surface area contributed by atoms with Crippen LogP contribution in [0, 0.1) is 6.92 Å². The molecule has 2 rings (SSSR count). The minimum absolute atomic E-state index is 0.170. The molecule has 0 saturated heterocycles.